The molecule has 0 fully saturated rings. The minimum atomic E-state index is -0.177. The number of hydrogen-bond acceptors (Lipinski definition) is 2. The zero-order valence-corrected chi connectivity index (χ0v) is 21.7. The maximum absolute atomic E-state index is 14.0. The summed E-state index contributed by atoms with van der Waals surface area (Å²) in [6.45, 7) is 2.98. The van der Waals surface area contributed by atoms with Crippen LogP contribution in [-0.2, 0) is 13.0 Å². The third-order valence-electron chi connectivity index (χ3n) is 7.20. The Balaban J connectivity index is 1.60. The summed E-state index contributed by atoms with van der Waals surface area (Å²) in [7, 11) is 1.67. The van der Waals surface area contributed by atoms with Crippen LogP contribution in [0.2, 0.25) is 5.02 Å². The van der Waals surface area contributed by atoms with Gasteiger partial charge in [0.25, 0.3) is 5.91 Å². The highest BCUT2D eigenvalue weighted by molar-refractivity contribution is 6.34. The van der Waals surface area contributed by atoms with E-state index in [1.807, 2.05) is 30.3 Å². The highest BCUT2D eigenvalue weighted by Gasteiger charge is 2.29. The highest BCUT2D eigenvalue weighted by atomic mass is 35.5. The molecule has 0 bridgehead atoms. The van der Waals surface area contributed by atoms with Gasteiger partial charge in [0.2, 0.25) is 0 Å². The van der Waals surface area contributed by atoms with Crippen molar-refractivity contribution in [3.63, 3.8) is 0 Å². The van der Waals surface area contributed by atoms with E-state index in [0.717, 1.165) is 59.6 Å². The van der Waals surface area contributed by atoms with Crippen molar-refractivity contribution >= 4 is 28.8 Å². The largest absolute Gasteiger partial charge is 0.497 e. The highest BCUT2D eigenvalue weighted by Crippen LogP contribution is 2.40. The van der Waals surface area contributed by atoms with Gasteiger partial charge in [-0.2, -0.15) is 0 Å². The normalized spacial score (nSPS) is 12.9. The second kappa shape index (κ2) is 9.49. The fourth-order valence-electron chi connectivity index (χ4n) is 5.38. The van der Waals surface area contributed by atoms with Gasteiger partial charge < -0.3 is 14.6 Å². The molecule has 5 nitrogen and oxygen atoms in total. The zero-order valence-electron chi connectivity index (χ0n) is 20.9. The van der Waals surface area contributed by atoms with Crippen LogP contribution in [0.5, 0.6) is 5.75 Å². The number of imidazole rings is 1. The van der Waals surface area contributed by atoms with Crippen molar-refractivity contribution in [1.82, 2.24) is 8.97 Å². The lowest BCUT2D eigenvalue weighted by atomic mass is 9.97. The van der Waals surface area contributed by atoms with Crippen LogP contribution in [0.15, 0.2) is 79.0 Å². The van der Waals surface area contributed by atoms with E-state index in [0.29, 0.717) is 16.4 Å². The molecule has 5 aromatic rings. The number of rotatable bonds is 5. The number of hydrogen-bond donors (Lipinski definition) is 1. The van der Waals surface area contributed by atoms with E-state index in [1.54, 1.807) is 13.2 Å². The van der Waals surface area contributed by atoms with Crippen LogP contribution >= 0.6 is 11.6 Å². The smallest absolute Gasteiger partial charge is 0.273 e. The van der Waals surface area contributed by atoms with Crippen LogP contribution in [0, 0.1) is 6.92 Å². The molecular formula is C31H28ClN3O2. The molecule has 0 saturated carbocycles. The minimum absolute atomic E-state index is 0.177. The fraction of sp³-hybridized carbons (Fsp3) is 0.194. The number of aromatic nitrogens is 2. The van der Waals surface area contributed by atoms with Crippen LogP contribution in [0.25, 0.3) is 28.0 Å². The van der Waals surface area contributed by atoms with Crippen molar-refractivity contribution in [3.8, 4) is 28.1 Å². The number of carbonyl (C=O) groups is 1. The summed E-state index contributed by atoms with van der Waals surface area (Å²) in [5.41, 5.74) is 8.94. The first-order valence-corrected chi connectivity index (χ1v) is 13.0. The molecule has 2 aromatic heterocycles. The third-order valence-corrected chi connectivity index (χ3v) is 7.53. The molecule has 0 saturated heterocycles. The van der Waals surface area contributed by atoms with Gasteiger partial charge in [0, 0.05) is 23.9 Å². The number of halogens is 1. The molecule has 0 spiro atoms. The maximum atomic E-state index is 14.0. The number of nitrogens with zero attached hydrogens (tertiary/aromatic N) is 2. The van der Waals surface area contributed by atoms with Gasteiger partial charge in [-0.1, -0.05) is 53.6 Å². The number of nitrogens with one attached hydrogen (secondary N) is 1. The lowest BCUT2D eigenvalue weighted by Gasteiger charge is -2.11. The SMILES string of the molecule is COc1ccc(-c2cn3c(C(=O)Nc4ccccc4Cl)c(-c4ccc(C)cc4)c4c3n2CCCC4)cc1. The lowest BCUT2D eigenvalue weighted by molar-refractivity contribution is 0.102. The van der Waals surface area contributed by atoms with E-state index in [1.165, 1.54) is 11.1 Å². The van der Waals surface area contributed by atoms with Crippen LogP contribution < -0.4 is 10.1 Å². The third kappa shape index (κ3) is 4.09. The fourth-order valence-corrected chi connectivity index (χ4v) is 5.56. The Kier molecular flexibility index (Phi) is 6.01. The molecule has 186 valence electrons. The van der Waals surface area contributed by atoms with Gasteiger partial charge in [-0.15, -0.1) is 0 Å². The Labute approximate surface area is 221 Å². The Hall–Kier alpha value is -3.96. The van der Waals surface area contributed by atoms with Crippen molar-refractivity contribution in [2.75, 3.05) is 12.4 Å². The predicted molar refractivity (Wildman–Crippen MR) is 150 cm³/mol. The molecule has 6 rings (SSSR count). The van der Waals surface area contributed by atoms with E-state index in [4.69, 9.17) is 16.3 Å². The lowest BCUT2D eigenvalue weighted by Crippen LogP contribution is -2.15. The van der Waals surface area contributed by atoms with Crippen molar-refractivity contribution in [3.05, 3.63) is 101 Å². The molecule has 3 heterocycles. The van der Waals surface area contributed by atoms with Crippen molar-refractivity contribution < 1.29 is 9.53 Å². The molecule has 1 N–H and O–H groups in total. The summed E-state index contributed by atoms with van der Waals surface area (Å²) in [6, 6.07) is 23.9. The van der Waals surface area contributed by atoms with Crippen LogP contribution in [0.1, 0.15) is 34.5 Å². The number of methoxy groups -OCH3 is 1. The quantitative estimate of drug-likeness (QED) is 0.264. The first-order chi connectivity index (χ1) is 18.0. The molecule has 1 aliphatic rings. The Morgan fingerprint density at radius 2 is 1.68 bits per heavy atom. The second-order valence-electron chi connectivity index (χ2n) is 9.55. The van der Waals surface area contributed by atoms with E-state index in [2.05, 4.69) is 63.8 Å². The summed E-state index contributed by atoms with van der Waals surface area (Å²) in [6.07, 6.45) is 5.16. The van der Waals surface area contributed by atoms with Gasteiger partial charge in [-0.05, 0) is 73.7 Å². The minimum Gasteiger partial charge on any atom is -0.497 e. The van der Waals surface area contributed by atoms with Crippen LogP contribution in [0.4, 0.5) is 5.69 Å². The molecular weight excluding hydrogens is 482 g/mol. The molecule has 1 aliphatic heterocycles. The zero-order chi connectivity index (χ0) is 25.5. The number of carbonyl (C=O) groups excluding carboxylic acids is 1. The number of amides is 1. The van der Waals surface area contributed by atoms with Gasteiger partial charge in [0.15, 0.2) is 0 Å². The monoisotopic (exact) mass is 509 g/mol. The summed E-state index contributed by atoms with van der Waals surface area (Å²) >= 11 is 6.41. The van der Waals surface area contributed by atoms with E-state index < -0.39 is 0 Å². The summed E-state index contributed by atoms with van der Waals surface area (Å²) < 4.78 is 9.82. The van der Waals surface area contributed by atoms with Gasteiger partial charge in [0.05, 0.1) is 23.5 Å². The van der Waals surface area contributed by atoms with Crippen LogP contribution in [-0.4, -0.2) is 22.0 Å². The number of ether oxygens (including phenoxy) is 1. The van der Waals surface area contributed by atoms with Gasteiger partial charge in [0.1, 0.15) is 17.1 Å². The van der Waals surface area contributed by atoms with Gasteiger partial charge in [-0.3, -0.25) is 9.20 Å². The predicted octanol–water partition coefficient (Wildman–Crippen LogP) is 7.63. The first-order valence-electron chi connectivity index (χ1n) is 12.6. The standard InChI is InChI=1S/C31H28ClN3O2/c1-20-10-12-22(13-11-20)28-24-7-5-6-18-34-27(21-14-16-23(37-2)17-15-21)19-35(31(24)34)29(28)30(36)33-26-9-4-3-8-25(26)32/h3-4,8-17,19H,5-7,18H2,1-2H3,(H,33,36). The summed E-state index contributed by atoms with van der Waals surface area (Å²) in [5, 5.41) is 3.59. The summed E-state index contributed by atoms with van der Waals surface area (Å²) in [4.78, 5) is 14.0. The second-order valence-corrected chi connectivity index (χ2v) is 9.95. The van der Waals surface area contributed by atoms with Crippen molar-refractivity contribution in [2.45, 2.75) is 32.7 Å². The average molecular weight is 510 g/mol. The number of benzene rings is 3. The van der Waals surface area contributed by atoms with E-state index in [9.17, 15) is 4.79 Å². The van der Waals surface area contributed by atoms with E-state index in [-0.39, 0.29) is 5.91 Å². The molecule has 1 amide bonds. The Bertz CT molecular complexity index is 1610. The Morgan fingerprint density at radius 1 is 0.946 bits per heavy atom. The van der Waals surface area contributed by atoms with Gasteiger partial charge >= 0.3 is 0 Å². The topological polar surface area (TPSA) is 47.7 Å². The summed E-state index contributed by atoms with van der Waals surface area (Å²) in [5.74, 6) is 0.643. The Morgan fingerprint density at radius 3 is 2.41 bits per heavy atom. The van der Waals surface area contributed by atoms with Gasteiger partial charge in [-0.25, -0.2) is 0 Å². The molecule has 3 aromatic carbocycles. The number of anilines is 1. The molecule has 0 radical (unpaired) electrons. The van der Waals surface area contributed by atoms with Crippen molar-refractivity contribution in [1.29, 1.82) is 0 Å². The molecule has 0 unspecified atom stereocenters. The van der Waals surface area contributed by atoms with E-state index >= 15 is 0 Å². The first kappa shape index (κ1) is 23.4. The average Bonchev–Trinajstić information content (AvgIpc) is 3.33. The number of para-hydroxylation sites is 1. The van der Waals surface area contributed by atoms with Crippen molar-refractivity contribution in [2.24, 2.45) is 0 Å². The van der Waals surface area contributed by atoms with Crippen LogP contribution in [0.3, 0.4) is 0 Å². The molecule has 0 aliphatic carbocycles. The number of aryl methyl sites for hydroxylation is 3. The molecule has 0 atom stereocenters. The molecule has 6 heteroatoms. The maximum Gasteiger partial charge on any atom is 0.273 e. The molecule has 37 heavy (non-hydrogen) atoms.